The fourth-order valence-electron chi connectivity index (χ4n) is 1.95. The molecule has 0 aliphatic carbocycles. The molecule has 2 N–H and O–H groups in total. The molecule has 0 amide bonds. The Balaban J connectivity index is 1.79. The predicted molar refractivity (Wildman–Crippen MR) is 90.7 cm³/mol. The number of aryl methyl sites for hydroxylation is 2. The Morgan fingerprint density at radius 1 is 1.22 bits per heavy atom. The number of benzene rings is 1. The van der Waals surface area contributed by atoms with Gasteiger partial charge in [0, 0.05) is 6.54 Å². The van der Waals surface area contributed by atoms with E-state index in [1.165, 1.54) is 0 Å². The van der Waals surface area contributed by atoms with E-state index in [0.717, 1.165) is 29.7 Å². The third-order valence-corrected chi connectivity index (χ3v) is 3.20. The molecule has 1 aromatic heterocycles. The van der Waals surface area contributed by atoms with Gasteiger partial charge in [0.25, 0.3) is 0 Å². The Morgan fingerprint density at radius 2 is 2.00 bits per heavy atom. The van der Waals surface area contributed by atoms with Gasteiger partial charge in [-0.3, -0.25) is 0 Å². The number of aromatic nitrogens is 1. The summed E-state index contributed by atoms with van der Waals surface area (Å²) in [5, 5.41) is 6.41. The molecule has 0 atom stereocenters. The van der Waals surface area contributed by atoms with Gasteiger partial charge in [-0.25, -0.2) is 9.98 Å². The normalized spacial score (nSPS) is 11.3. The van der Waals surface area contributed by atoms with Crippen molar-refractivity contribution in [2.45, 2.75) is 27.3 Å². The van der Waals surface area contributed by atoms with Gasteiger partial charge in [-0.15, -0.1) is 0 Å². The number of hydrogen-bond donors (Lipinski definition) is 2. The fourth-order valence-corrected chi connectivity index (χ4v) is 1.95. The van der Waals surface area contributed by atoms with Gasteiger partial charge >= 0.3 is 0 Å². The van der Waals surface area contributed by atoms with E-state index in [0.29, 0.717) is 25.6 Å². The summed E-state index contributed by atoms with van der Waals surface area (Å²) in [6, 6.07) is 9.75. The molecule has 6 heteroatoms. The van der Waals surface area contributed by atoms with Crippen molar-refractivity contribution in [1.29, 1.82) is 0 Å². The highest BCUT2D eigenvalue weighted by Gasteiger charge is 2.05. The van der Waals surface area contributed by atoms with E-state index in [1.807, 2.05) is 51.1 Å². The van der Waals surface area contributed by atoms with Crippen LogP contribution in [0.4, 0.5) is 0 Å². The zero-order chi connectivity index (χ0) is 16.5. The van der Waals surface area contributed by atoms with Crippen LogP contribution in [0.5, 0.6) is 5.75 Å². The van der Waals surface area contributed by atoms with Gasteiger partial charge in [-0.2, -0.15) is 0 Å². The largest absolute Gasteiger partial charge is 0.492 e. The molecule has 0 radical (unpaired) electrons. The van der Waals surface area contributed by atoms with Crippen molar-refractivity contribution in [3.63, 3.8) is 0 Å². The molecule has 0 saturated carbocycles. The Labute approximate surface area is 137 Å². The molecule has 6 nitrogen and oxygen atoms in total. The molecule has 2 aromatic rings. The van der Waals surface area contributed by atoms with Crippen molar-refractivity contribution < 1.29 is 9.15 Å². The Hall–Kier alpha value is -2.50. The highest BCUT2D eigenvalue weighted by molar-refractivity contribution is 5.79. The monoisotopic (exact) mass is 316 g/mol. The number of rotatable bonds is 7. The molecular formula is C17H24N4O2. The second kappa shape index (κ2) is 8.82. The lowest BCUT2D eigenvalue weighted by atomic mass is 10.3. The third-order valence-electron chi connectivity index (χ3n) is 3.20. The molecule has 0 unspecified atom stereocenters. The van der Waals surface area contributed by atoms with Crippen LogP contribution in [0.3, 0.4) is 0 Å². The summed E-state index contributed by atoms with van der Waals surface area (Å²) >= 11 is 0. The lowest BCUT2D eigenvalue weighted by Gasteiger charge is -2.11. The molecule has 1 aromatic carbocycles. The topological polar surface area (TPSA) is 71.7 Å². The van der Waals surface area contributed by atoms with E-state index in [1.54, 1.807) is 0 Å². The number of oxazole rings is 1. The lowest BCUT2D eigenvalue weighted by molar-refractivity contribution is 0.322. The molecule has 0 aliphatic rings. The molecule has 124 valence electrons. The minimum atomic E-state index is 0.406. The van der Waals surface area contributed by atoms with Gasteiger partial charge in [-0.05, 0) is 32.9 Å². The van der Waals surface area contributed by atoms with E-state index >= 15 is 0 Å². The van der Waals surface area contributed by atoms with Crippen molar-refractivity contribution in [2.75, 3.05) is 19.7 Å². The zero-order valence-electron chi connectivity index (χ0n) is 13.9. The van der Waals surface area contributed by atoms with Crippen molar-refractivity contribution in [3.05, 3.63) is 47.7 Å². The molecule has 2 rings (SSSR count). The first-order valence-corrected chi connectivity index (χ1v) is 7.82. The quantitative estimate of drug-likeness (QED) is 0.466. The minimum Gasteiger partial charge on any atom is -0.492 e. The maximum atomic E-state index is 5.64. The molecule has 0 fully saturated rings. The van der Waals surface area contributed by atoms with Gasteiger partial charge in [0.2, 0.25) is 5.89 Å². The van der Waals surface area contributed by atoms with Crippen LogP contribution < -0.4 is 15.4 Å². The van der Waals surface area contributed by atoms with E-state index in [9.17, 15) is 0 Å². The van der Waals surface area contributed by atoms with E-state index < -0.39 is 0 Å². The Morgan fingerprint density at radius 3 is 2.65 bits per heavy atom. The zero-order valence-corrected chi connectivity index (χ0v) is 13.9. The number of aliphatic imine (C=N–C) groups is 1. The third kappa shape index (κ3) is 5.65. The summed E-state index contributed by atoms with van der Waals surface area (Å²) in [5.41, 5.74) is 0.907. The van der Waals surface area contributed by atoms with Crippen LogP contribution >= 0.6 is 0 Å². The highest BCUT2D eigenvalue weighted by atomic mass is 16.5. The van der Waals surface area contributed by atoms with Gasteiger partial charge < -0.3 is 19.8 Å². The molecule has 1 heterocycles. The van der Waals surface area contributed by atoms with Gasteiger partial charge in [0.05, 0.1) is 12.2 Å². The number of hydrogen-bond acceptors (Lipinski definition) is 4. The first-order valence-electron chi connectivity index (χ1n) is 7.82. The van der Waals surface area contributed by atoms with Gasteiger partial charge in [0.1, 0.15) is 24.7 Å². The first-order chi connectivity index (χ1) is 11.2. The first kappa shape index (κ1) is 16.9. The number of nitrogens with one attached hydrogen (secondary N) is 2. The molecule has 0 bridgehead atoms. The number of para-hydroxylation sites is 1. The average Bonchev–Trinajstić information content (AvgIpc) is 2.88. The van der Waals surface area contributed by atoms with E-state index in [-0.39, 0.29) is 0 Å². The van der Waals surface area contributed by atoms with Crippen molar-refractivity contribution in [3.8, 4) is 5.75 Å². The highest BCUT2D eigenvalue weighted by Crippen LogP contribution is 2.09. The fraction of sp³-hybridized carbons (Fsp3) is 0.412. The summed E-state index contributed by atoms with van der Waals surface area (Å²) in [4.78, 5) is 8.79. The standard InChI is InChI=1S/C17H24N4O2/c1-4-18-17(20-12-16-21-13(2)14(3)23-16)19-10-11-22-15-8-6-5-7-9-15/h5-9H,4,10-12H2,1-3H3,(H2,18,19,20). The van der Waals surface area contributed by atoms with Crippen LogP contribution in [0.25, 0.3) is 0 Å². The second-order valence-corrected chi connectivity index (χ2v) is 5.03. The van der Waals surface area contributed by atoms with E-state index in [2.05, 4.69) is 20.6 Å². The predicted octanol–water partition coefficient (Wildman–Crippen LogP) is 2.43. The van der Waals surface area contributed by atoms with Crippen molar-refractivity contribution in [1.82, 2.24) is 15.6 Å². The Kier molecular flexibility index (Phi) is 6.47. The summed E-state index contributed by atoms with van der Waals surface area (Å²) < 4.78 is 11.2. The Bertz CT molecular complexity index is 603. The summed E-state index contributed by atoms with van der Waals surface area (Å²) in [5.74, 6) is 3.04. The van der Waals surface area contributed by atoms with Crippen molar-refractivity contribution >= 4 is 5.96 Å². The van der Waals surface area contributed by atoms with Crippen LogP contribution in [0.15, 0.2) is 39.7 Å². The summed E-state index contributed by atoms with van der Waals surface area (Å²) in [6.07, 6.45) is 0. The maximum absolute atomic E-state index is 5.64. The number of ether oxygens (including phenoxy) is 1. The number of guanidine groups is 1. The smallest absolute Gasteiger partial charge is 0.216 e. The van der Waals surface area contributed by atoms with Gasteiger partial charge in [-0.1, -0.05) is 18.2 Å². The van der Waals surface area contributed by atoms with Crippen LogP contribution in [0, 0.1) is 13.8 Å². The van der Waals surface area contributed by atoms with Gasteiger partial charge in [0.15, 0.2) is 5.96 Å². The SMILES string of the molecule is CCNC(=NCc1nc(C)c(C)o1)NCCOc1ccccc1. The van der Waals surface area contributed by atoms with Crippen LogP contribution in [-0.2, 0) is 6.54 Å². The summed E-state index contributed by atoms with van der Waals surface area (Å²) in [7, 11) is 0. The van der Waals surface area contributed by atoms with Crippen LogP contribution in [0.1, 0.15) is 24.3 Å². The maximum Gasteiger partial charge on any atom is 0.216 e. The van der Waals surface area contributed by atoms with E-state index in [4.69, 9.17) is 9.15 Å². The van der Waals surface area contributed by atoms with Crippen LogP contribution in [-0.4, -0.2) is 30.6 Å². The average molecular weight is 316 g/mol. The lowest BCUT2D eigenvalue weighted by Crippen LogP contribution is -2.39. The molecule has 23 heavy (non-hydrogen) atoms. The summed E-state index contributed by atoms with van der Waals surface area (Å²) in [6.45, 7) is 8.27. The number of nitrogens with zero attached hydrogens (tertiary/aromatic N) is 2. The van der Waals surface area contributed by atoms with Crippen LogP contribution in [0.2, 0.25) is 0 Å². The molecule has 0 spiro atoms. The second-order valence-electron chi connectivity index (χ2n) is 5.03. The minimum absolute atomic E-state index is 0.406. The molecule has 0 aliphatic heterocycles. The molecular weight excluding hydrogens is 292 g/mol. The van der Waals surface area contributed by atoms with Crippen molar-refractivity contribution in [2.24, 2.45) is 4.99 Å². The molecule has 0 saturated heterocycles.